The molecule has 0 unspecified atom stereocenters. The maximum Gasteiger partial charge on any atom is 0.321 e. The summed E-state index contributed by atoms with van der Waals surface area (Å²) in [6.07, 6.45) is 0.859. The van der Waals surface area contributed by atoms with E-state index in [0.29, 0.717) is 6.54 Å². The predicted octanol–water partition coefficient (Wildman–Crippen LogP) is 2.98. The number of aromatic nitrogens is 2. The second-order valence-electron chi connectivity index (χ2n) is 3.60. The molecule has 0 saturated heterocycles. The first-order valence-electron chi connectivity index (χ1n) is 5.34. The lowest BCUT2D eigenvalue weighted by atomic mass is 10.2. The number of hydrogen-bond donors (Lipinski definition) is 1. The van der Waals surface area contributed by atoms with E-state index >= 15 is 0 Å². The lowest BCUT2D eigenvalue weighted by Crippen LogP contribution is -1.99. The van der Waals surface area contributed by atoms with Crippen LogP contribution >= 0.6 is 0 Å². The van der Waals surface area contributed by atoms with Crippen molar-refractivity contribution in [3.05, 3.63) is 29.6 Å². The van der Waals surface area contributed by atoms with Gasteiger partial charge in [0.15, 0.2) is 17.5 Å². The van der Waals surface area contributed by atoms with Crippen molar-refractivity contribution < 1.29 is 17.7 Å². The van der Waals surface area contributed by atoms with Gasteiger partial charge in [0.25, 0.3) is 0 Å². The lowest BCUT2D eigenvalue weighted by molar-refractivity contribution is 0.431. The van der Waals surface area contributed by atoms with Crippen LogP contribution in [0.1, 0.15) is 13.3 Å². The highest BCUT2D eigenvalue weighted by Crippen LogP contribution is 2.22. The van der Waals surface area contributed by atoms with Gasteiger partial charge in [-0.3, -0.25) is 0 Å². The molecular weight excluding hydrogens is 247 g/mol. The molecule has 1 aromatic carbocycles. The molecule has 0 radical (unpaired) electrons. The molecule has 0 saturated carbocycles. The predicted molar refractivity (Wildman–Crippen MR) is 58.4 cm³/mol. The second kappa shape index (κ2) is 5.07. The zero-order valence-electron chi connectivity index (χ0n) is 9.51. The summed E-state index contributed by atoms with van der Waals surface area (Å²) in [6.45, 7) is 2.59. The molecule has 0 atom stereocenters. The molecule has 0 fully saturated rings. The van der Waals surface area contributed by atoms with Gasteiger partial charge in [-0.05, 0) is 18.6 Å². The number of halogens is 3. The summed E-state index contributed by atoms with van der Waals surface area (Å²) < 4.78 is 43.6. The van der Waals surface area contributed by atoms with Crippen LogP contribution in [0.15, 0.2) is 16.7 Å². The van der Waals surface area contributed by atoms with Crippen molar-refractivity contribution >= 4 is 6.01 Å². The fourth-order valence-electron chi connectivity index (χ4n) is 1.33. The minimum atomic E-state index is -1.52. The molecule has 2 rings (SSSR count). The van der Waals surface area contributed by atoms with Gasteiger partial charge < -0.3 is 9.84 Å². The van der Waals surface area contributed by atoms with Crippen LogP contribution in [0.25, 0.3) is 11.4 Å². The van der Waals surface area contributed by atoms with Crippen molar-refractivity contribution in [3.8, 4) is 11.4 Å². The molecule has 1 N–H and O–H groups in total. The van der Waals surface area contributed by atoms with Crippen molar-refractivity contribution in [1.29, 1.82) is 0 Å². The third kappa shape index (κ3) is 2.44. The second-order valence-corrected chi connectivity index (χ2v) is 3.60. The molecule has 1 aromatic heterocycles. The Labute approximate surface area is 101 Å². The monoisotopic (exact) mass is 257 g/mol. The van der Waals surface area contributed by atoms with Gasteiger partial charge in [0.05, 0.1) is 0 Å². The fraction of sp³-hybridized carbons (Fsp3) is 0.273. The molecule has 4 nitrogen and oxygen atoms in total. The van der Waals surface area contributed by atoms with Crippen LogP contribution < -0.4 is 5.32 Å². The van der Waals surface area contributed by atoms with Crippen molar-refractivity contribution in [2.24, 2.45) is 0 Å². The zero-order valence-corrected chi connectivity index (χ0v) is 9.51. The SMILES string of the molecule is CCCNc1nc(-c2cc(F)c(F)c(F)c2)no1. The summed E-state index contributed by atoms with van der Waals surface area (Å²) in [6, 6.07) is 1.77. The van der Waals surface area contributed by atoms with Crippen LogP contribution in [0.3, 0.4) is 0 Å². The number of nitrogens with zero attached hydrogens (tertiary/aromatic N) is 2. The van der Waals surface area contributed by atoms with Gasteiger partial charge in [0.1, 0.15) is 0 Å². The zero-order chi connectivity index (χ0) is 13.1. The summed E-state index contributed by atoms with van der Waals surface area (Å²) in [5, 5.41) is 6.37. The number of rotatable bonds is 4. The largest absolute Gasteiger partial charge is 0.338 e. The first kappa shape index (κ1) is 12.4. The molecular formula is C11H10F3N3O. The van der Waals surface area contributed by atoms with Crippen LogP contribution in [-0.2, 0) is 0 Å². The van der Waals surface area contributed by atoms with E-state index in [1.807, 2.05) is 6.92 Å². The highest BCUT2D eigenvalue weighted by atomic mass is 19.2. The molecule has 1 heterocycles. The van der Waals surface area contributed by atoms with Gasteiger partial charge in [-0.25, -0.2) is 13.2 Å². The van der Waals surface area contributed by atoms with Gasteiger partial charge in [0, 0.05) is 12.1 Å². The van der Waals surface area contributed by atoms with Crippen molar-refractivity contribution in [2.45, 2.75) is 13.3 Å². The normalized spacial score (nSPS) is 10.7. The minimum absolute atomic E-state index is 0.00796. The smallest absolute Gasteiger partial charge is 0.321 e. The van der Waals surface area contributed by atoms with Gasteiger partial charge >= 0.3 is 6.01 Å². The Morgan fingerprint density at radius 1 is 1.22 bits per heavy atom. The lowest BCUT2D eigenvalue weighted by Gasteiger charge is -1.98. The van der Waals surface area contributed by atoms with E-state index in [4.69, 9.17) is 4.52 Å². The third-order valence-corrected chi connectivity index (χ3v) is 2.19. The van der Waals surface area contributed by atoms with E-state index in [0.717, 1.165) is 18.6 Å². The van der Waals surface area contributed by atoms with Crippen LogP contribution in [0.5, 0.6) is 0 Å². The average molecular weight is 257 g/mol. The van der Waals surface area contributed by atoms with Crippen molar-refractivity contribution in [3.63, 3.8) is 0 Å². The van der Waals surface area contributed by atoms with Crippen molar-refractivity contribution in [2.75, 3.05) is 11.9 Å². The van der Waals surface area contributed by atoms with E-state index in [1.165, 1.54) is 0 Å². The van der Waals surface area contributed by atoms with Gasteiger partial charge in [0.2, 0.25) is 5.82 Å². The van der Waals surface area contributed by atoms with E-state index in [-0.39, 0.29) is 17.4 Å². The molecule has 0 spiro atoms. The quantitative estimate of drug-likeness (QED) is 0.855. The van der Waals surface area contributed by atoms with Crippen LogP contribution in [0.4, 0.5) is 19.2 Å². The molecule has 2 aromatic rings. The van der Waals surface area contributed by atoms with Crippen LogP contribution in [0.2, 0.25) is 0 Å². The Hall–Kier alpha value is -2.05. The number of benzene rings is 1. The highest BCUT2D eigenvalue weighted by molar-refractivity contribution is 5.55. The van der Waals surface area contributed by atoms with Crippen molar-refractivity contribution in [1.82, 2.24) is 10.1 Å². The molecule has 0 aliphatic heterocycles. The summed E-state index contributed by atoms with van der Waals surface area (Å²) in [5.74, 6) is -4.12. The third-order valence-electron chi connectivity index (χ3n) is 2.19. The summed E-state index contributed by atoms with van der Waals surface area (Å²) >= 11 is 0. The van der Waals surface area contributed by atoms with Crippen LogP contribution in [0, 0.1) is 17.5 Å². The maximum absolute atomic E-state index is 13.0. The molecule has 18 heavy (non-hydrogen) atoms. The highest BCUT2D eigenvalue weighted by Gasteiger charge is 2.15. The number of hydrogen-bond acceptors (Lipinski definition) is 4. The standard InChI is InChI=1S/C11H10F3N3O/c1-2-3-15-11-16-10(17-18-11)6-4-7(12)9(14)8(13)5-6/h4-5H,2-3H2,1H3,(H,15,16,17). The first-order valence-corrected chi connectivity index (χ1v) is 5.34. The average Bonchev–Trinajstić information content (AvgIpc) is 2.81. The van der Waals surface area contributed by atoms with E-state index < -0.39 is 17.5 Å². The summed E-state index contributed by atoms with van der Waals surface area (Å²) in [7, 11) is 0. The Balaban J connectivity index is 2.28. The summed E-state index contributed by atoms with van der Waals surface area (Å²) in [4.78, 5) is 3.89. The van der Waals surface area contributed by atoms with E-state index in [9.17, 15) is 13.2 Å². The molecule has 0 aliphatic rings. The molecule has 0 amide bonds. The van der Waals surface area contributed by atoms with Gasteiger partial charge in [-0.1, -0.05) is 12.1 Å². The Kier molecular flexibility index (Phi) is 3.50. The first-order chi connectivity index (χ1) is 8.61. The Bertz CT molecular complexity index is 533. The van der Waals surface area contributed by atoms with Crippen LogP contribution in [-0.4, -0.2) is 16.7 Å². The number of nitrogens with one attached hydrogen (secondary N) is 1. The number of anilines is 1. The minimum Gasteiger partial charge on any atom is -0.338 e. The molecule has 96 valence electrons. The fourth-order valence-corrected chi connectivity index (χ4v) is 1.33. The Morgan fingerprint density at radius 3 is 2.50 bits per heavy atom. The van der Waals surface area contributed by atoms with Gasteiger partial charge in [-0.2, -0.15) is 4.98 Å². The van der Waals surface area contributed by atoms with E-state index in [2.05, 4.69) is 15.5 Å². The topological polar surface area (TPSA) is 51.0 Å². The molecule has 0 aliphatic carbocycles. The van der Waals surface area contributed by atoms with E-state index in [1.54, 1.807) is 0 Å². The maximum atomic E-state index is 13.0. The molecule has 0 bridgehead atoms. The van der Waals surface area contributed by atoms with Gasteiger partial charge in [-0.15, -0.1) is 0 Å². The molecule has 7 heteroatoms. The summed E-state index contributed by atoms with van der Waals surface area (Å²) in [5.41, 5.74) is 0.0136. The Morgan fingerprint density at radius 2 is 1.89 bits per heavy atom.